The van der Waals surface area contributed by atoms with E-state index in [0.29, 0.717) is 17.2 Å². The lowest BCUT2D eigenvalue weighted by atomic mass is 10.1. The molecule has 0 bridgehead atoms. The van der Waals surface area contributed by atoms with Gasteiger partial charge < -0.3 is 14.9 Å². The molecule has 0 spiro atoms. The minimum absolute atomic E-state index is 0.211. The normalized spacial score (nSPS) is 20.0. The zero-order chi connectivity index (χ0) is 17.6. The van der Waals surface area contributed by atoms with Crippen LogP contribution in [-0.2, 0) is 9.59 Å². The van der Waals surface area contributed by atoms with Crippen molar-refractivity contribution >= 4 is 34.4 Å². The highest BCUT2D eigenvalue weighted by molar-refractivity contribution is 8.18. The summed E-state index contributed by atoms with van der Waals surface area (Å²) in [6.45, 7) is 0. The second-order valence-corrected chi connectivity index (χ2v) is 6.38. The number of carbonyl (C=O) groups excluding carboxylic acids is 2. The van der Waals surface area contributed by atoms with E-state index in [2.05, 4.69) is 4.99 Å². The fourth-order valence-corrected chi connectivity index (χ4v) is 3.73. The van der Waals surface area contributed by atoms with Crippen molar-refractivity contribution in [3.8, 4) is 5.75 Å². The molecule has 8 heteroatoms. The largest absolute Gasteiger partial charge is 0.495 e. The molecule has 2 aliphatic heterocycles. The Bertz CT molecular complexity index is 933. The third-order valence-corrected chi connectivity index (χ3v) is 4.86. The van der Waals surface area contributed by atoms with Crippen molar-refractivity contribution in [2.75, 3.05) is 12.0 Å². The summed E-state index contributed by atoms with van der Waals surface area (Å²) >= 11 is 0.995. The molecule has 2 amide bonds. The number of thioether (sulfide) groups is 1. The summed E-state index contributed by atoms with van der Waals surface area (Å²) < 4.78 is 10.7. The number of para-hydroxylation sites is 2. The van der Waals surface area contributed by atoms with Crippen LogP contribution in [0, 0.1) is 0 Å². The van der Waals surface area contributed by atoms with Gasteiger partial charge in [0.2, 0.25) is 0 Å². The molecule has 0 radical (unpaired) electrons. The Balaban J connectivity index is 1.81. The van der Waals surface area contributed by atoms with Crippen LogP contribution < -0.4 is 15.4 Å². The summed E-state index contributed by atoms with van der Waals surface area (Å²) in [6.07, 6.45) is 1.49. The fourth-order valence-electron chi connectivity index (χ4n) is 2.88. The molecule has 126 valence electrons. The minimum Gasteiger partial charge on any atom is -0.495 e. The average Bonchev–Trinajstić information content (AvgIpc) is 3.23. The molecule has 0 saturated carbocycles. The van der Waals surface area contributed by atoms with Gasteiger partial charge in [-0.1, -0.05) is 12.1 Å². The number of amidine groups is 1. The first-order valence-corrected chi connectivity index (χ1v) is 8.24. The van der Waals surface area contributed by atoms with Crippen LogP contribution in [0.25, 0.3) is 0 Å². The number of amides is 2. The molecule has 0 aliphatic carbocycles. The number of nitrogens with zero attached hydrogens (tertiary/aromatic N) is 2. The number of anilines is 1. The number of furan rings is 1. The first kappa shape index (κ1) is 15.5. The predicted molar refractivity (Wildman–Crippen MR) is 93.2 cm³/mol. The Morgan fingerprint density at radius 2 is 2.00 bits per heavy atom. The molecule has 1 aromatic carbocycles. The van der Waals surface area contributed by atoms with Gasteiger partial charge in [-0.25, -0.2) is 9.89 Å². The molecule has 1 aromatic heterocycles. The SMILES string of the molecule is COc1ccccc1N1C(=O)C2=C(C1=O)C(c1ccco1)N=C(N)S2. The van der Waals surface area contributed by atoms with Crippen molar-refractivity contribution in [1.82, 2.24) is 0 Å². The number of ether oxygens (including phenoxy) is 1. The second kappa shape index (κ2) is 5.82. The Morgan fingerprint density at radius 1 is 1.20 bits per heavy atom. The van der Waals surface area contributed by atoms with E-state index in [4.69, 9.17) is 14.9 Å². The minimum atomic E-state index is -0.734. The molecule has 1 atom stereocenters. The van der Waals surface area contributed by atoms with Gasteiger partial charge in [-0.2, -0.15) is 0 Å². The van der Waals surface area contributed by atoms with Crippen LogP contribution in [0.2, 0.25) is 0 Å². The summed E-state index contributed by atoms with van der Waals surface area (Å²) in [5.74, 6) is -0.00480. The second-order valence-electron chi connectivity index (χ2n) is 5.35. The lowest BCUT2D eigenvalue weighted by Gasteiger charge is -2.18. The quantitative estimate of drug-likeness (QED) is 0.848. The van der Waals surface area contributed by atoms with E-state index in [1.165, 1.54) is 13.4 Å². The van der Waals surface area contributed by atoms with Gasteiger partial charge in [0, 0.05) is 0 Å². The highest BCUT2D eigenvalue weighted by Gasteiger charge is 2.47. The standard InChI is InChI=1S/C17H13N3O4S/c1-23-10-6-3-2-5-9(10)20-15(21)12-13(11-7-4-8-24-11)19-17(18)25-14(12)16(20)22/h2-8,13H,1H3,(H2,18,19). The molecular weight excluding hydrogens is 342 g/mol. The number of aliphatic imine (C=N–C) groups is 1. The van der Waals surface area contributed by atoms with Crippen molar-refractivity contribution in [3.63, 3.8) is 0 Å². The number of rotatable bonds is 3. The smallest absolute Gasteiger partial charge is 0.272 e. The number of hydrogen-bond acceptors (Lipinski definition) is 7. The third kappa shape index (κ3) is 2.33. The van der Waals surface area contributed by atoms with Gasteiger partial charge in [-0.15, -0.1) is 0 Å². The molecule has 4 rings (SSSR count). The molecule has 2 aliphatic rings. The summed E-state index contributed by atoms with van der Waals surface area (Å²) in [6, 6.07) is 9.51. The number of hydrogen-bond donors (Lipinski definition) is 1. The van der Waals surface area contributed by atoms with E-state index in [9.17, 15) is 9.59 Å². The van der Waals surface area contributed by atoms with E-state index in [-0.39, 0.29) is 15.6 Å². The van der Waals surface area contributed by atoms with E-state index >= 15 is 0 Å². The van der Waals surface area contributed by atoms with E-state index < -0.39 is 17.9 Å². The third-order valence-electron chi connectivity index (χ3n) is 3.95. The molecule has 3 heterocycles. The van der Waals surface area contributed by atoms with Gasteiger partial charge in [-0.3, -0.25) is 9.59 Å². The Labute approximate surface area is 147 Å². The number of benzene rings is 1. The van der Waals surface area contributed by atoms with E-state index in [1.807, 2.05) is 0 Å². The van der Waals surface area contributed by atoms with Gasteiger partial charge in [0.25, 0.3) is 11.8 Å². The molecule has 0 saturated heterocycles. The number of methoxy groups -OCH3 is 1. The first-order valence-electron chi connectivity index (χ1n) is 7.42. The van der Waals surface area contributed by atoms with E-state index in [0.717, 1.165) is 16.7 Å². The van der Waals surface area contributed by atoms with Crippen LogP contribution in [0.1, 0.15) is 11.8 Å². The molecule has 25 heavy (non-hydrogen) atoms. The Kier molecular flexibility index (Phi) is 3.61. The van der Waals surface area contributed by atoms with Gasteiger partial charge in [0.05, 0.1) is 29.5 Å². The molecule has 0 fully saturated rings. The summed E-state index contributed by atoms with van der Waals surface area (Å²) in [7, 11) is 1.48. The number of nitrogens with two attached hydrogens (primary N) is 1. The van der Waals surface area contributed by atoms with Crippen molar-refractivity contribution in [2.24, 2.45) is 10.7 Å². The Morgan fingerprint density at radius 3 is 2.72 bits per heavy atom. The number of imide groups is 1. The molecule has 2 N–H and O–H groups in total. The molecule has 2 aromatic rings. The van der Waals surface area contributed by atoms with Crippen LogP contribution in [0.15, 0.2) is 62.5 Å². The van der Waals surface area contributed by atoms with Gasteiger partial charge >= 0.3 is 0 Å². The topological polar surface area (TPSA) is 98.1 Å². The van der Waals surface area contributed by atoms with Gasteiger partial charge in [0.15, 0.2) is 5.17 Å². The monoisotopic (exact) mass is 355 g/mol. The fraction of sp³-hybridized carbons (Fsp3) is 0.118. The van der Waals surface area contributed by atoms with Crippen molar-refractivity contribution in [3.05, 3.63) is 58.9 Å². The zero-order valence-electron chi connectivity index (χ0n) is 13.1. The summed E-state index contributed by atoms with van der Waals surface area (Å²) in [5.41, 5.74) is 6.52. The first-order chi connectivity index (χ1) is 12.1. The maximum atomic E-state index is 13.1. The van der Waals surface area contributed by atoms with Crippen molar-refractivity contribution in [1.29, 1.82) is 0 Å². The van der Waals surface area contributed by atoms with E-state index in [1.54, 1.807) is 36.4 Å². The summed E-state index contributed by atoms with van der Waals surface area (Å²) in [5, 5.41) is 0.211. The van der Waals surface area contributed by atoms with Crippen LogP contribution in [0.5, 0.6) is 5.75 Å². The van der Waals surface area contributed by atoms with Crippen molar-refractivity contribution < 1.29 is 18.7 Å². The van der Waals surface area contributed by atoms with Crippen LogP contribution in [-0.4, -0.2) is 24.1 Å². The highest BCUT2D eigenvalue weighted by atomic mass is 32.2. The van der Waals surface area contributed by atoms with Crippen LogP contribution in [0.4, 0.5) is 5.69 Å². The maximum Gasteiger partial charge on any atom is 0.272 e. The Hall–Kier alpha value is -3.00. The predicted octanol–water partition coefficient (Wildman–Crippen LogP) is 2.22. The van der Waals surface area contributed by atoms with Gasteiger partial charge in [0.1, 0.15) is 17.6 Å². The summed E-state index contributed by atoms with van der Waals surface area (Å²) in [4.78, 5) is 31.6. The lowest BCUT2D eigenvalue weighted by Crippen LogP contribution is -2.32. The molecule has 7 nitrogen and oxygen atoms in total. The van der Waals surface area contributed by atoms with Crippen LogP contribution in [0.3, 0.4) is 0 Å². The van der Waals surface area contributed by atoms with Crippen molar-refractivity contribution in [2.45, 2.75) is 6.04 Å². The highest BCUT2D eigenvalue weighted by Crippen LogP contribution is 2.45. The van der Waals surface area contributed by atoms with Gasteiger partial charge in [-0.05, 0) is 36.0 Å². The number of carbonyl (C=O) groups is 2. The van der Waals surface area contributed by atoms with Crippen LogP contribution >= 0.6 is 11.8 Å². The molecular formula is C17H13N3O4S. The zero-order valence-corrected chi connectivity index (χ0v) is 13.9. The lowest BCUT2D eigenvalue weighted by molar-refractivity contribution is -0.120. The average molecular weight is 355 g/mol. The maximum absolute atomic E-state index is 13.1. The molecule has 1 unspecified atom stereocenters.